The lowest BCUT2D eigenvalue weighted by atomic mass is 9.72. The van der Waals surface area contributed by atoms with E-state index in [9.17, 15) is 0 Å². The highest BCUT2D eigenvalue weighted by Crippen LogP contribution is 2.41. The Labute approximate surface area is 81.7 Å². The Kier molecular flexibility index (Phi) is 4.42. The largest absolute Gasteiger partial charge is 0.126 e. The first-order chi connectivity index (χ1) is 5.83. The maximum atomic E-state index is 6.07. The van der Waals surface area contributed by atoms with Gasteiger partial charge in [0.05, 0.1) is 0 Å². The summed E-state index contributed by atoms with van der Waals surface area (Å²) in [6.07, 6.45) is 11.1. The average molecular weight is 189 g/mol. The Hall–Kier alpha value is 0.290. The van der Waals surface area contributed by atoms with E-state index in [1.54, 1.807) is 0 Å². The lowest BCUT2D eigenvalue weighted by Crippen LogP contribution is -2.25. The van der Waals surface area contributed by atoms with E-state index in [-0.39, 0.29) is 0 Å². The van der Waals surface area contributed by atoms with E-state index in [4.69, 9.17) is 11.6 Å². The number of unbranched alkanes of at least 4 members (excludes halogenated alkanes) is 1. The van der Waals surface area contributed by atoms with Gasteiger partial charge in [0.15, 0.2) is 0 Å². The van der Waals surface area contributed by atoms with E-state index in [1.165, 1.54) is 51.4 Å². The molecule has 1 aliphatic carbocycles. The van der Waals surface area contributed by atoms with Gasteiger partial charge >= 0.3 is 0 Å². The molecular formula is C11H21Cl. The molecule has 0 atom stereocenters. The van der Waals surface area contributed by atoms with Gasteiger partial charge in [0.1, 0.15) is 0 Å². The fraction of sp³-hybridized carbons (Fsp3) is 1.00. The number of alkyl halides is 1. The highest BCUT2D eigenvalue weighted by atomic mass is 35.5. The van der Waals surface area contributed by atoms with Crippen LogP contribution in [0, 0.1) is 5.41 Å². The second-order valence-corrected chi connectivity index (χ2v) is 4.57. The Morgan fingerprint density at radius 2 is 1.83 bits per heavy atom. The van der Waals surface area contributed by atoms with Crippen LogP contribution in [0.5, 0.6) is 0 Å². The molecule has 72 valence electrons. The van der Waals surface area contributed by atoms with Gasteiger partial charge in [-0.3, -0.25) is 0 Å². The normalized spacial score (nSPS) is 22.5. The Morgan fingerprint density at radius 1 is 1.17 bits per heavy atom. The molecule has 0 aromatic rings. The van der Waals surface area contributed by atoms with E-state index in [0.29, 0.717) is 5.41 Å². The summed E-state index contributed by atoms with van der Waals surface area (Å²) >= 11 is 6.07. The maximum absolute atomic E-state index is 6.07. The van der Waals surface area contributed by atoms with Gasteiger partial charge in [0.2, 0.25) is 0 Å². The van der Waals surface area contributed by atoms with Crippen LogP contribution in [-0.4, -0.2) is 5.88 Å². The SMILES string of the molecule is CCCCC1(CCl)CCCCC1. The van der Waals surface area contributed by atoms with E-state index in [2.05, 4.69) is 6.92 Å². The van der Waals surface area contributed by atoms with Crippen molar-refractivity contribution >= 4 is 11.6 Å². The molecule has 1 aliphatic rings. The van der Waals surface area contributed by atoms with Crippen molar-refractivity contribution in [1.82, 2.24) is 0 Å². The third-order valence-corrected chi connectivity index (χ3v) is 3.83. The molecule has 1 saturated carbocycles. The first kappa shape index (κ1) is 10.4. The van der Waals surface area contributed by atoms with Crippen molar-refractivity contribution in [1.29, 1.82) is 0 Å². The maximum Gasteiger partial charge on any atom is 0.0279 e. The van der Waals surface area contributed by atoms with Crippen LogP contribution in [0.1, 0.15) is 58.3 Å². The summed E-state index contributed by atoms with van der Waals surface area (Å²) in [7, 11) is 0. The number of halogens is 1. The predicted molar refractivity (Wildman–Crippen MR) is 55.8 cm³/mol. The fourth-order valence-electron chi connectivity index (χ4n) is 2.30. The van der Waals surface area contributed by atoms with Gasteiger partial charge in [-0.05, 0) is 24.7 Å². The van der Waals surface area contributed by atoms with Crippen LogP contribution >= 0.6 is 11.6 Å². The molecule has 0 spiro atoms. The van der Waals surface area contributed by atoms with Gasteiger partial charge in [-0.2, -0.15) is 0 Å². The molecule has 1 rings (SSSR count). The zero-order valence-electron chi connectivity index (χ0n) is 8.24. The highest BCUT2D eigenvalue weighted by molar-refractivity contribution is 6.18. The van der Waals surface area contributed by atoms with Crippen LogP contribution in [0.3, 0.4) is 0 Å². The van der Waals surface area contributed by atoms with Gasteiger partial charge < -0.3 is 0 Å². The zero-order valence-corrected chi connectivity index (χ0v) is 9.00. The van der Waals surface area contributed by atoms with Gasteiger partial charge in [-0.1, -0.05) is 39.0 Å². The third kappa shape index (κ3) is 2.65. The second-order valence-electron chi connectivity index (χ2n) is 4.30. The van der Waals surface area contributed by atoms with Gasteiger partial charge in [0, 0.05) is 5.88 Å². The Bertz CT molecular complexity index is 114. The fourth-order valence-corrected chi connectivity index (χ4v) is 2.70. The zero-order chi connectivity index (χ0) is 8.86. The summed E-state index contributed by atoms with van der Waals surface area (Å²) in [5.74, 6) is 0.896. The first-order valence-electron chi connectivity index (χ1n) is 5.39. The van der Waals surface area contributed by atoms with Crippen molar-refractivity contribution < 1.29 is 0 Å². The quantitative estimate of drug-likeness (QED) is 0.575. The second kappa shape index (κ2) is 5.11. The lowest BCUT2D eigenvalue weighted by molar-refractivity contribution is 0.198. The summed E-state index contributed by atoms with van der Waals surface area (Å²) in [5.41, 5.74) is 0.538. The third-order valence-electron chi connectivity index (χ3n) is 3.26. The Morgan fingerprint density at radius 3 is 2.33 bits per heavy atom. The van der Waals surface area contributed by atoms with Gasteiger partial charge in [0.25, 0.3) is 0 Å². The minimum atomic E-state index is 0.538. The van der Waals surface area contributed by atoms with E-state index in [0.717, 1.165) is 5.88 Å². The predicted octanol–water partition coefficient (Wildman–Crippen LogP) is 4.37. The number of hydrogen-bond acceptors (Lipinski definition) is 0. The van der Waals surface area contributed by atoms with Crippen molar-refractivity contribution in [3.05, 3.63) is 0 Å². The molecule has 0 heterocycles. The van der Waals surface area contributed by atoms with Crippen LogP contribution in [0.15, 0.2) is 0 Å². The molecule has 1 heteroatoms. The van der Waals surface area contributed by atoms with Crippen LogP contribution in [0.2, 0.25) is 0 Å². The van der Waals surface area contributed by atoms with Crippen molar-refractivity contribution in [3.63, 3.8) is 0 Å². The van der Waals surface area contributed by atoms with Crippen molar-refractivity contribution in [3.8, 4) is 0 Å². The summed E-state index contributed by atoms with van der Waals surface area (Å²) in [5, 5.41) is 0. The van der Waals surface area contributed by atoms with E-state index < -0.39 is 0 Å². The highest BCUT2D eigenvalue weighted by Gasteiger charge is 2.29. The molecular weight excluding hydrogens is 168 g/mol. The van der Waals surface area contributed by atoms with Crippen molar-refractivity contribution in [2.45, 2.75) is 58.3 Å². The molecule has 0 saturated heterocycles. The lowest BCUT2D eigenvalue weighted by Gasteiger charge is -2.35. The minimum absolute atomic E-state index is 0.538. The molecule has 0 aromatic heterocycles. The Balaban J connectivity index is 2.37. The minimum Gasteiger partial charge on any atom is -0.126 e. The molecule has 0 bridgehead atoms. The summed E-state index contributed by atoms with van der Waals surface area (Å²) in [4.78, 5) is 0. The monoisotopic (exact) mass is 188 g/mol. The smallest absolute Gasteiger partial charge is 0.0279 e. The van der Waals surface area contributed by atoms with Crippen molar-refractivity contribution in [2.75, 3.05) is 5.88 Å². The molecule has 12 heavy (non-hydrogen) atoms. The first-order valence-corrected chi connectivity index (χ1v) is 5.92. The molecule has 0 radical (unpaired) electrons. The summed E-state index contributed by atoms with van der Waals surface area (Å²) in [6, 6.07) is 0. The standard InChI is InChI=1S/C11H21Cl/c1-2-3-7-11(10-12)8-5-4-6-9-11/h2-10H2,1H3. The van der Waals surface area contributed by atoms with Crippen molar-refractivity contribution in [2.24, 2.45) is 5.41 Å². The van der Waals surface area contributed by atoms with Crippen LogP contribution < -0.4 is 0 Å². The summed E-state index contributed by atoms with van der Waals surface area (Å²) < 4.78 is 0. The number of rotatable bonds is 4. The molecule has 0 aromatic carbocycles. The molecule has 0 N–H and O–H groups in total. The molecule has 0 nitrogen and oxygen atoms in total. The van der Waals surface area contributed by atoms with E-state index in [1.807, 2.05) is 0 Å². The van der Waals surface area contributed by atoms with Gasteiger partial charge in [-0.15, -0.1) is 11.6 Å². The van der Waals surface area contributed by atoms with E-state index >= 15 is 0 Å². The van der Waals surface area contributed by atoms with Gasteiger partial charge in [-0.25, -0.2) is 0 Å². The van der Waals surface area contributed by atoms with Crippen LogP contribution in [0.25, 0.3) is 0 Å². The average Bonchev–Trinajstić information content (AvgIpc) is 2.16. The molecule has 0 aliphatic heterocycles. The molecule has 0 unspecified atom stereocenters. The topological polar surface area (TPSA) is 0 Å². The van der Waals surface area contributed by atoms with Crippen LogP contribution in [0.4, 0.5) is 0 Å². The molecule has 1 fully saturated rings. The number of hydrogen-bond donors (Lipinski definition) is 0. The molecule has 0 amide bonds. The van der Waals surface area contributed by atoms with Crippen LogP contribution in [-0.2, 0) is 0 Å². The summed E-state index contributed by atoms with van der Waals surface area (Å²) in [6.45, 7) is 2.27.